The van der Waals surface area contributed by atoms with Gasteiger partial charge in [-0.3, -0.25) is 23.5 Å². The van der Waals surface area contributed by atoms with E-state index in [9.17, 15) is 0 Å². The molecule has 0 amide bonds. The minimum absolute atomic E-state index is 0. The fraction of sp³-hybridized carbons (Fsp3) is 0. The lowest BCUT2D eigenvalue weighted by molar-refractivity contribution is 1.11. The van der Waals surface area contributed by atoms with E-state index in [1.165, 1.54) is 0 Å². The smallest absolute Gasteiger partial charge is 0.197 e. The predicted octanol–water partition coefficient (Wildman–Crippen LogP) is 0.875. The zero-order chi connectivity index (χ0) is 0. The first-order valence-electron chi connectivity index (χ1n) is 0. The predicted molar refractivity (Wildman–Crippen MR) is 22.9 cm³/mol. The van der Waals surface area contributed by atoms with Crippen LogP contribution in [0.3, 0.4) is 0 Å². The molecule has 48 valence electrons. The lowest BCUT2D eigenvalue weighted by atomic mass is 19.0. The van der Waals surface area contributed by atoms with Gasteiger partial charge in [0.15, 0.2) is 0 Å². The van der Waals surface area contributed by atoms with Crippen molar-refractivity contribution in [3.05, 3.63) is 0 Å². The molecule has 0 aromatic heterocycles. The summed E-state index contributed by atoms with van der Waals surface area (Å²) in [6, 6.07) is 0. The maximum absolute atomic E-state index is 0. The summed E-state index contributed by atoms with van der Waals surface area (Å²) in [5, 5.41) is 0. The molecule has 0 saturated heterocycles. The van der Waals surface area contributed by atoms with Crippen LogP contribution in [0.4, 0.5) is 23.5 Å². The quantitative estimate of drug-likeness (QED) is 0.431. The van der Waals surface area contributed by atoms with Gasteiger partial charge in [-0.25, -0.2) is 0 Å². The van der Waals surface area contributed by atoms with Gasteiger partial charge in [-0.05, 0) is 0 Å². The minimum Gasteiger partial charge on any atom is -0.269 e. The second kappa shape index (κ2) is 25999999999999999737877510269960192. The molecule has 0 aliphatic heterocycles. The third-order valence-corrected chi connectivity index (χ3v) is 0. The standard InChI is InChI=1S/5FH.H2S/h5*1H;1H2. The molecular weight excluding hydrogens is 127 g/mol. The highest BCUT2D eigenvalue weighted by atomic mass is 32.1. The van der Waals surface area contributed by atoms with E-state index < -0.39 is 0 Å². The van der Waals surface area contributed by atoms with Crippen molar-refractivity contribution in [1.82, 2.24) is 0 Å². The van der Waals surface area contributed by atoms with Crippen LogP contribution in [0.1, 0.15) is 0 Å². The Balaban J connectivity index is 0. The van der Waals surface area contributed by atoms with Gasteiger partial charge >= 0.3 is 0 Å². The van der Waals surface area contributed by atoms with Crippen LogP contribution in [0.15, 0.2) is 0 Å². The summed E-state index contributed by atoms with van der Waals surface area (Å²) >= 11 is 0. The summed E-state index contributed by atoms with van der Waals surface area (Å²) in [7, 11) is 0. The molecule has 0 aliphatic carbocycles. The Bertz CT molecular complexity index is 3.90. The summed E-state index contributed by atoms with van der Waals surface area (Å²) in [4.78, 5) is 0. The van der Waals surface area contributed by atoms with Gasteiger partial charge < -0.3 is 0 Å². The second-order valence-electron chi connectivity index (χ2n) is 0. The third kappa shape index (κ3) is 11700000000000000573797782385590272. The van der Waals surface area contributed by atoms with Gasteiger partial charge in [-0.15, -0.1) is 0 Å². The molecule has 0 radical (unpaired) electrons. The molecule has 0 aliphatic rings. The second-order valence-corrected chi connectivity index (χ2v) is 0. The maximum atomic E-state index is 0. The first-order valence-corrected chi connectivity index (χ1v) is 0. The normalized spacial score (nSPS) is 0. The topological polar surface area (TPSA) is 0 Å². The molecule has 0 nitrogen and oxygen atoms in total. The van der Waals surface area contributed by atoms with Crippen LogP contribution in [0.2, 0.25) is 0 Å². The van der Waals surface area contributed by atoms with E-state index in [0.717, 1.165) is 0 Å². The van der Waals surface area contributed by atoms with E-state index in [2.05, 4.69) is 0 Å². The van der Waals surface area contributed by atoms with E-state index in [1.807, 2.05) is 0 Å². The van der Waals surface area contributed by atoms with Crippen LogP contribution < -0.4 is 0 Å². The van der Waals surface area contributed by atoms with Crippen molar-refractivity contribution >= 4 is 13.5 Å². The molecule has 0 aromatic rings. The van der Waals surface area contributed by atoms with Gasteiger partial charge in [0, 0.05) is 0 Å². The average Bonchev–Trinajstić information content (AvgIpc) is 0. The molecule has 0 spiro atoms. The Kier molecular flexibility index (Phi) is 211000000000000011472894224337946465723549432559643173567494537347072. The van der Waals surface area contributed by atoms with E-state index in [4.69, 9.17) is 0 Å². The number of hydrogen-bond donors (Lipinski definition) is 0. The van der Waals surface area contributed by atoms with Crippen LogP contribution in [-0.4, -0.2) is 0 Å². The van der Waals surface area contributed by atoms with Gasteiger partial charge in [-0.1, -0.05) is 0 Å². The molecular formula is H7F5S. The Morgan fingerprint density at radius 2 is 0.333 bits per heavy atom. The lowest BCUT2D eigenvalue weighted by Gasteiger charge is -0.270. The first kappa shape index (κ1) is 48700000000000003748228099636985856. The monoisotopic (exact) mass is 134 g/mol. The number of rotatable bonds is 0. The van der Waals surface area contributed by atoms with Crippen molar-refractivity contribution in [3.8, 4) is 0 Å². The minimum atomic E-state index is 0. The summed E-state index contributed by atoms with van der Waals surface area (Å²) in [5.41, 5.74) is 0. The molecule has 6 heteroatoms. The fourth-order valence-corrected chi connectivity index (χ4v) is 0. The molecule has 0 saturated carbocycles. The third-order valence-electron chi connectivity index (χ3n) is 0. The van der Waals surface area contributed by atoms with Crippen molar-refractivity contribution in [3.63, 3.8) is 0 Å². The maximum Gasteiger partial charge on any atom is -0.197 e. The number of halogens is 5. The van der Waals surface area contributed by atoms with Crippen molar-refractivity contribution in [2.24, 2.45) is 0 Å². The summed E-state index contributed by atoms with van der Waals surface area (Å²) < 4.78 is 0. The zero-order valence-corrected chi connectivity index (χ0v) is 3.54. The van der Waals surface area contributed by atoms with Gasteiger partial charge in [0.1, 0.15) is 0 Å². The largest absolute Gasteiger partial charge is 0.269 e. The van der Waals surface area contributed by atoms with Crippen molar-refractivity contribution < 1.29 is 23.5 Å². The van der Waals surface area contributed by atoms with E-state index >= 15 is 0 Å². The fourth-order valence-electron chi connectivity index (χ4n) is 0. The van der Waals surface area contributed by atoms with Gasteiger partial charge in [-0.2, -0.15) is 13.5 Å². The summed E-state index contributed by atoms with van der Waals surface area (Å²) in [6.07, 6.45) is 0. The van der Waals surface area contributed by atoms with Gasteiger partial charge in [0.25, 0.3) is 0 Å². The average molecular weight is 134 g/mol. The first-order chi connectivity index (χ1) is 0. The Hall–Kier alpha value is -0.0000000000000000555. The van der Waals surface area contributed by atoms with E-state index in [1.54, 1.807) is 0 Å². The molecule has 0 unspecified atom stereocenters. The van der Waals surface area contributed by atoms with E-state index in [0.29, 0.717) is 0 Å². The molecule has 6 heavy (non-hydrogen) atoms. The highest BCUT2D eigenvalue weighted by molar-refractivity contribution is 7.59. The Labute approximate surface area is 38.2 Å². The Morgan fingerprint density at radius 3 is 0.333 bits per heavy atom. The molecule has 0 heterocycles. The Morgan fingerprint density at radius 1 is 0.333 bits per heavy atom. The van der Waals surface area contributed by atoms with Crippen LogP contribution in [0.25, 0.3) is 0 Å². The zero-order valence-electron chi connectivity index (χ0n) is 2.54. The van der Waals surface area contributed by atoms with Gasteiger partial charge in [0.2, 0.25) is 0 Å². The van der Waals surface area contributed by atoms with Crippen molar-refractivity contribution in [2.75, 3.05) is 0 Å². The molecule has 0 atom stereocenters. The van der Waals surface area contributed by atoms with E-state index in [-0.39, 0.29) is 37.0 Å². The molecule has 0 bridgehead atoms. The molecule has 0 aromatic carbocycles. The molecule has 0 rings (SSSR count). The molecule has 0 N–H and O–H groups in total. The van der Waals surface area contributed by atoms with Gasteiger partial charge in [0.05, 0.1) is 0 Å². The van der Waals surface area contributed by atoms with Crippen LogP contribution in [0, 0.1) is 0 Å². The highest BCUT2D eigenvalue weighted by Gasteiger charge is -0.197. The SMILES string of the molecule is F.F.F.F.F.S. The van der Waals surface area contributed by atoms with Crippen LogP contribution in [-0.2, 0) is 0 Å². The van der Waals surface area contributed by atoms with Crippen molar-refractivity contribution in [2.45, 2.75) is 0 Å². The molecule has 0 fully saturated rings. The number of hydrogen-bond acceptors (Lipinski definition) is 0. The highest BCUT2D eigenvalue weighted by Crippen LogP contribution is 0.648. The lowest BCUT2D eigenvalue weighted by Crippen LogP contribution is 0.419. The summed E-state index contributed by atoms with van der Waals surface area (Å²) in [5.74, 6) is 0. The van der Waals surface area contributed by atoms with Crippen molar-refractivity contribution in [1.29, 1.82) is 0 Å². The summed E-state index contributed by atoms with van der Waals surface area (Å²) in [6.45, 7) is 0. The van der Waals surface area contributed by atoms with Crippen LogP contribution >= 0.6 is 13.5 Å². The van der Waals surface area contributed by atoms with Crippen LogP contribution in [0.5, 0.6) is 0 Å².